The Morgan fingerprint density at radius 3 is 1.86 bits per heavy atom. The fourth-order valence-corrected chi connectivity index (χ4v) is 7.31. The normalized spacial score (nSPS) is 11.1. The SMILES string of the molecule is [C-]#[N+]c1ccc2c3ccccc3n(-c3ccc(-c4cccc(-c5cc(C#N)ccc5-n5c6ccccc6c6cc(C#N)ccc65)c4)cc3)c2c1. The summed E-state index contributed by atoms with van der Waals surface area (Å²) in [5.41, 5.74) is 12.0. The minimum absolute atomic E-state index is 0.582. The van der Waals surface area contributed by atoms with Crippen molar-refractivity contribution < 1.29 is 0 Å². The van der Waals surface area contributed by atoms with Gasteiger partial charge in [-0.1, -0.05) is 78.9 Å². The fraction of sp³-hybridized carbons (Fsp3) is 0. The average Bonchev–Trinajstić information content (AvgIpc) is 3.69. The molecule has 5 heteroatoms. The first-order valence-corrected chi connectivity index (χ1v) is 16.2. The first kappa shape index (κ1) is 28.8. The minimum atomic E-state index is 0.582. The molecule has 0 fully saturated rings. The summed E-state index contributed by atoms with van der Waals surface area (Å²) in [5.74, 6) is 0. The molecule has 0 amide bonds. The molecule has 0 N–H and O–H groups in total. The maximum atomic E-state index is 9.93. The lowest BCUT2D eigenvalue weighted by Crippen LogP contribution is -1.98. The number of fused-ring (bicyclic) bond motifs is 6. The van der Waals surface area contributed by atoms with Gasteiger partial charge in [-0.2, -0.15) is 10.5 Å². The van der Waals surface area contributed by atoms with E-state index in [1.165, 1.54) is 0 Å². The van der Waals surface area contributed by atoms with Crippen LogP contribution in [0, 0.1) is 29.2 Å². The second kappa shape index (κ2) is 11.4. The zero-order chi connectivity index (χ0) is 33.8. The second-order valence-corrected chi connectivity index (χ2v) is 12.3. The van der Waals surface area contributed by atoms with Crippen LogP contribution in [0.1, 0.15) is 11.1 Å². The zero-order valence-electron chi connectivity index (χ0n) is 26.7. The summed E-state index contributed by atoms with van der Waals surface area (Å²) in [6.07, 6.45) is 0. The number of hydrogen-bond acceptors (Lipinski definition) is 2. The Balaban J connectivity index is 1.18. The van der Waals surface area contributed by atoms with Crippen molar-refractivity contribution in [2.75, 3.05) is 0 Å². The Hall–Kier alpha value is -7.39. The topological polar surface area (TPSA) is 61.8 Å². The summed E-state index contributed by atoms with van der Waals surface area (Å²) in [4.78, 5) is 3.69. The highest BCUT2D eigenvalue weighted by atomic mass is 15.0. The molecule has 0 unspecified atom stereocenters. The maximum Gasteiger partial charge on any atom is 0.189 e. The van der Waals surface area contributed by atoms with Crippen molar-refractivity contribution in [2.45, 2.75) is 0 Å². The molecule has 7 aromatic carbocycles. The number of rotatable bonds is 4. The number of aromatic nitrogens is 2. The van der Waals surface area contributed by atoms with Crippen LogP contribution in [-0.4, -0.2) is 9.13 Å². The molecule has 0 aliphatic carbocycles. The van der Waals surface area contributed by atoms with Crippen LogP contribution < -0.4 is 0 Å². The molecule has 0 spiro atoms. The Bertz CT molecular complexity index is 2960. The summed E-state index contributed by atoms with van der Waals surface area (Å²) in [6, 6.07) is 55.7. The van der Waals surface area contributed by atoms with Crippen LogP contribution in [0.5, 0.6) is 0 Å². The quantitative estimate of drug-likeness (QED) is 0.181. The fourth-order valence-electron chi connectivity index (χ4n) is 7.31. The van der Waals surface area contributed by atoms with E-state index in [4.69, 9.17) is 6.57 Å². The van der Waals surface area contributed by atoms with Crippen molar-refractivity contribution in [3.63, 3.8) is 0 Å². The molecule has 2 heterocycles. The molecule has 0 bridgehead atoms. The largest absolute Gasteiger partial charge is 0.311 e. The summed E-state index contributed by atoms with van der Waals surface area (Å²) in [7, 11) is 0. The van der Waals surface area contributed by atoms with Gasteiger partial charge in [0.25, 0.3) is 0 Å². The molecule has 230 valence electrons. The van der Waals surface area contributed by atoms with Crippen LogP contribution in [-0.2, 0) is 0 Å². The van der Waals surface area contributed by atoms with Gasteiger partial charge in [-0.15, -0.1) is 0 Å². The molecule has 0 atom stereocenters. The van der Waals surface area contributed by atoms with Crippen LogP contribution in [0.25, 0.3) is 82.1 Å². The highest BCUT2D eigenvalue weighted by molar-refractivity contribution is 6.11. The molecule has 50 heavy (non-hydrogen) atoms. The number of nitrogens with zero attached hydrogens (tertiary/aromatic N) is 5. The van der Waals surface area contributed by atoms with E-state index in [-0.39, 0.29) is 0 Å². The minimum Gasteiger partial charge on any atom is -0.311 e. The first-order chi connectivity index (χ1) is 24.6. The Labute approximate surface area is 288 Å². The number of nitriles is 2. The van der Waals surface area contributed by atoms with Gasteiger partial charge in [-0.05, 0) is 89.5 Å². The first-order valence-electron chi connectivity index (χ1n) is 16.2. The average molecular weight is 636 g/mol. The molecular formula is C45H25N5. The number of para-hydroxylation sites is 2. The van der Waals surface area contributed by atoms with Crippen LogP contribution in [0.3, 0.4) is 0 Å². The van der Waals surface area contributed by atoms with Crippen molar-refractivity contribution in [1.82, 2.24) is 9.13 Å². The van der Waals surface area contributed by atoms with E-state index in [2.05, 4.69) is 105 Å². The Morgan fingerprint density at radius 1 is 0.460 bits per heavy atom. The van der Waals surface area contributed by atoms with Gasteiger partial charge in [0, 0.05) is 38.3 Å². The maximum absolute atomic E-state index is 9.93. The third-order valence-corrected chi connectivity index (χ3v) is 9.59. The predicted molar refractivity (Wildman–Crippen MR) is 202 cm³/mol. The number of hydrogen-bond donors (Lipinski definition) is 0. The molecule has 0 aliphatic heterocycles. The van der Waals surface area contributed by atoms with Crippen LogP contribution in [0.15, 0.2) is 152 Å². The molecule has 5 nitrogen and oxygen atoms in total. The zero-order valence-corrected chi connectivity index (χ0v) is 26.7. The highest BCUT2D eigenvalue weighted by Crippen LogP contribution is 2.39. The summed E-state index contributed by atoms with van der Waals surface area (Å²) in [6.45, 7) is 7.58. The second-order valence-electron chi connectivity index (χ2n) is 12.3. The Morgan fingerprint density at radius 2 is 1.10 bits per heavy atom. The van der Waals surface area contributed by atoms with E-state index >= 15 is 0 Å². The van der Waals surface area contributed by atoms with E-state index in [1.807, 2.05) is 72.8 Å². The highest BCUT2D eigenvalue weighted by Gasteiger charge is 2.18. The lowest BCUT2D eigenvalue weighted by Gasteiger charge is -2.16. The van der Waals surface area contributed by atoms with Gasteiger partial charge < -0.3 is 9.13 Å². The molecular weight excluding hydrogens is 611 g/mol. The lowest BCUT2D eigenvalue weighted by atomic mass is 9.96. The van der Waals surface area contributed by atoms with E-state index in [0.29, 0.717) is 16.8 Å². The molecule has 0 aliphatic rings. The van der Waals surface area contributed by atoms with E-state index in [1.54, 1.807) is 0 Å². The smallest absolute Gasteiger partial charge is 0.189 e. The standard InChI is InChI=1S/C45H25N5/c1-48-34-17-20-38-36-9-2-4-11-41(36)49(45(38)26-34)35-18-15-31(16-19-35)32-7-6-8-33(25-32)39-23-29(27-46)13-21-43(39)50-42-12-5-3-10-37(42)40-24-30(28-47)14-22-44(40)50/h2-26H. The summed E-state index contributed by atoms with van der Waals surface area (Å²) < 4.78 is 4.46. The van der Waals surface area contributed by atoms with Crippen molar-refractivity contribution in [1.29, 1.82) is 10.5 Å². The monoisotopic (exact) mass is 635 g/mol. The Kier molecular flexibility index (Phi) is 6.56. The van der Waals surface area contributed by atoms with Gasteiger partial charge in [-0.25, -0.2) is 4.85 Å². The van der Waals surface area contributed by atoms with Gasteiger partial charge in [-0.3, -0.25) is 0 Å². The summed E-state index contributed by atoms with van der Waals surface area (Å²) >= 11 is 0. The molecule has 0 saturated heterocycles. The number of benzene rings is 7. The van der Waals surface area contributed by atoms with Gasteiger partial charge in [0.05, 0.1) is 52.1 Å². The van der Waals surface area contributed by atoms with E-state index in [9.17, 15) is 10.5 Å². The van der Waals surface area contributed by atoms with Crippen molar-refractivity contribution in [3.8, 4) is 45.8 Å². The summed E-state index contributed by atoms with van der Waals surface area (Å²) in [5, 5.41) is 23.9. The van der Waals surface area contributed by atoms with Gasteiger partial charge in [0.15, 0.2) is 5.69 Å². The van der Waals surface area contributed by atoms with Crippen molar-refractivity contribution >= 4 is 49.3 Å². The molecule has 9 aromatic rings. The van der Waals surface area contributed by atoms with Crippen molar-refractivity contribution in [3.05, 3.63) is 174 Å². The van der Waals surface area contributed by atoms with E-state index < -0.39 is 0 Å². The molecule has 0 radical (unpaired) electrons. The molecule has 2 aromatic heterocycles. The van der Waals surface area contributed by atoms with Crippen molar-refractivity contribution in [2.24, 2.45) is 0 Å². The predicted octanol–water partition coefficient (Wildman–Crippen LogP) is 11.5. The van der Waals surface area contributed by atoms with Gasteiger partial charge >= 0.3 is 0 Å². The molecule has 9 rings (SSSR count). The molecule has 0 saturated carbocycles. The van der Waals surface area contributed by atoms with Gasteiger partial charge in [0.1, 0.15) is 0 Å². The van der Waals surface area contributed by atoms with E-state index in [0.717, 1.165) is 77.2 Å². The van der Waals surface area contributed by atoms with Gasteiger partial charge in [0.2, 0.25) is 0 Å². The van der Waals surface area contributed by atoms with Crippen LogP contribution in [0.2, 0.25) is 0 Å². The lowest BCUT2D eigenvalue weighted by molar-refractivity contribution is 1.18. The third-order valence-electron chi connectivity index (χ3n) is 9.59. The van der Waals surface area contributed by atoms with Crippen LogP contribution >= 0.6 is 0 Å². The van der Waals surface area contributed by atoms with Crippen LogP contribution in [0.4, 0.5) is 5.69 Å². The third kappa shape index (κ3) is 4.45.